The van der Waals surface area contributed by atoms with Gasteiger partial charge in [0, 0.05) is 6.54 Å². The van der Waals surface area contributed by atoms with Gasteiger partial charge in [0.15, 0.2) is 0 Å². The fourth-order valence-corrected chi connectivity index (χ4v) is 1.38. The van der Waals surface area contributed by atoms with Crippen molar-refractivity contribution in [1.82, 2.24) is 5.32 Å². The van der Waals surface area contributed by atoms with Gasteiger partial charge in [-0.25, -0.2) is 0 Å². The molecule has 1 rings (SSSR count). The monoisotopic (exact) mass is 251 g/mol. The average Bonchev–Trinajstić information content (AvgIpc) is 2.36. The highest BCUT2D eigenvalue weighted by molar-refractivity contribution is 5.79. The van der Waals surface area contributed by atoms with E-state index >= 15 is 0 Å². The minimum absolute atomic E-state index is 0.137. The Balaban J connectivity index is 2.46. The van der Waals surface area contributed by atoms with Crippen LogP contribution in [0.4, 0.5) is 0 Å². The topological polar surface area (TPSA) is 75.6 Å². The van der Waals surface area contributed by atoms with E-state index in [1.807, 2.05) is 6.07 Å². The Labute approximate surface area is 106 Å². The number of carboxylic acid groups (broad SMARTS) is 1. The Hall–Kier alpha value is -2.04. The molecule has 0 spiro atoms. The molecule has 1 unspecified atom stereocenters. The lowest BCUT2D eigenvalue weighted by Gasteiger charge is -2.09. The van der Waals surface area contributed by atoms with Gasteiger partial charge in [0.05, 0.1) is 19.4 Å². The first-order chi connectivity index (χ1) is 8.52. The first kappa shape index (κ1) is 14.0. The van der Waals surface area contributed by atoms with E-state index in [2.05, 4.69) is 5.32 Å². The number of ether oxygens (including phenoxy) is 1. The van der Waals surface area contributed by atoms with Gasteiger partial charge in [-0.3, -0.25) is 9.59 Å². The zero-order chi connectivity index (χ0) is 13.5. The molecule has 2 N–H and O–H groups in total. The minimum atomic E-state index is -0.920. The van der Waals surface area contributed by atoms with Gasteiger partial charge >= 0.3 is 5.97 Å². The summed E-state index contributed by atoms with van der Waals surface area (Å²) in [5, 5.41) is 11.3. The van der Waals surface area contributed by atoms with Gasteiger partial charge in [-0.05, 0) is 17.7 Å². The van der Waals surface area contributed by atoms with Gasteiger partial charge in [0.2, 0.25) is 5.91 Å². The van der Waals surface area contributed by atoms with E-state index in [1.54, 1.807) is 32.2 Å². The highest BCUT2D eigenvalue weighted by Crippen LogP contribution is 2.12. The van der Waals surface area contributed by atoms with E-state index in [0.29, 0.717) is 5.75 Å². The predicted molar refractivity (Wildman–Crippen MR) is 66.5 cm³/mol. The number of carbonyl (C=O) groups excluding carboxylic acids is 1. The largest absolute Gasteiger partial charge is 0.497 e. The molecule has 0 aliphatic heterocycles. The van der Waals surface area contributed by atoms with Crippen LogP contribution in [-0.4, -0.2) is 30.6 Å². The molecule has 0 fully saturated rings. The van der Waals surface area contributed by atoms with Crippen LogP contribution in [0.5, 0.6) is 5.75 Å². The fraction of sp³-hybridized carbons (Fsp3) is 0.385. The number of rotatable bonds is 6. The molecule has 1 amide bonds. The number of hydrogen-bond donors (Lipinski definition) is 2. The van der Waals surface area contributed by atoms with Crippen molar-refractivity contribution in [3.63, 3.8) is 0 Å². The van der Waals surface area contributed by atoms with Crippen molar-refractivity contribution in [1.29, 1.82) is 0 Å². The number of methoxy groups -OCH3 is 1. The zero-order valence-electron chi connectivity index (χ0n) is 10.5. The maximum absolute atomic E-state index is 11.6. The van der Waals surface area contributed by atoms with E-state index in [1.165, 1.54) is 0 Å². The van der Waals surface area contributed by atoms with Gasteiger partial charge in [0.1, 0.15) is 5.75 Å². The summed E-state index contributed by atoms with van der Waals surface area (Å²) in [6, 6.07) is 7.21. The van der Waals surface area contributed by atoms with Crippen molar-refractivity contribution in [2.24, 2.45) is 5.92 Å². The molecule has 5 heteroatoms. The number of amides is 1. The van der Waals surface area contributed by atoms with Crippen LogP contribution in [-0.2, 0) is 16.0 Å². The Bertz CT molecular complexity index is 431. The van der Waals surface area contributed by atoms with Crippen LogP contribution in [0.1, 0.15) is 12.5 Å². The predicted octanol–water partition coefficient (Wildman–Crippen LogP) is 1.07. The maximum Gasteiger partial charge on any atom is 0.308 e. The van der Waals surface area contributed by atoms with Crippen LogP contribution >= 0.6 is 0 Å². The number of nitrogens with one attached hydrogen (secondary N) is 1. The summed E-state index contributed by atoms with van der Waals surface area (Å²) in [6.07, 6.45) is 0.212. The Morgan fingerprint density at radius 3 is 2.78 bits per heavy atom. The molecule has 1 aromatic carbocycles. The minimum Gasteiger partial charge on any atom is -0.497 e. The van der Waals surface area contributed by atoms with Crippen LogP contribution in [0.2, 0.25) is 0 Å². The van der Waals surface area contributed by atoms with Gasteiger partial charge < -0.3 is 15.2 Å². The number of carboxylic acids is 1. The molecule has 0 aromatic heterocycles. The molecule has 0 radical (unpaired) electrons. The first-order valence-corrected chi connectivity index (χ1v) is 5.65. The highest BCUT2D eigenvalue weighted by Gasteiger charge is 2.12. The SMILES string of the molecule is COc1cccc(CC(=O)NCC(C)C(=O)O)c1. The van der Waals surface area contributed by atoms with E-state index in [0.717, 1.165) is 5.56 Å². The van der Waals surface area contributed by atoms with Crippen LogP contribution in [0.25, 0.3) is 0 Å². The number of carbonyl (C=O) groups is 2. The second-order valence-electron chi connectivity index (χ2n) is 4.07. The number of aliphatic carboxylic acids is 1. The standard InChI is InChI=1S/C13H17NO4/c1-9(13(16)17)8-14-12(15)7-10-4-3-5-11(6-10)18-2/h3-6,9H,7-8H2,1-2H3,(H,14,15)(H,16,17). The first-order valence-electron chi connectivity index (χ1n) is 5.65. The van der Waals surface area contributed by atoms with E-state index in [9.17, 15) is 9.59 Å². The van der Waals surface area contributed by atoms with E-state index in [4.69, 9.17) is 9.84 Å². The molecule has 0 saturated carbocycles. The van der Waals surface area contributed by atoms with E-state index < -0.39 is 11.9 Å². The molecule has 1 aromatic rings. The van der Waals surface area contributed by atoms with Gasteiger partial charge in [-0.2, -0.15) is 0 Å². The lowest BCUT2D eigenvalue weighted by atomic mass is 10.1. The molecule has 0 aliphatic carbocycles. The average molecular weight is 251 g/mol. The molecule has 0 saturated heterocycles. The molecule has 5 nitrogen and oxygen atoms in total. The van der Waals surface area contributed by atoms with Crippen LogP contribution in [0.3, 0.4) is 0 Å². The Morgan fingerprint density at radius 1 is 1.44 bits per heavy atom. The molecule has 0 heterocycles. The second kappa shape index (κ2) is 6.64. The van der Waals surface area contributed by atoms with Crippen molar-refractivity contribution in [3.8, 4) is 5.75 Å². The van der Waals surface area contributed by atoms with E-state index in [-0.39, 0.29) is 18.9 Å². The molecule has 98 valence electrons. The summed E-state index contributed by atoms with van der Waals surface area (Å²) in [6.45, 7) is 1.69. The summed E-state index contributed by atoms with van der Waals surface area (Å²) in [5.41, 5.74) is 0.829. The Kier molecular flexibility index (Phi) is 5.17. The molecular formula is C13H17NO4. The molecule has 1 atom stereocenters. The van der Waals surface area contributed by atoms with Gasteiger partial charge in [0.25, 0.3) is 0 Å². The maximum atomic E-state index is 11.6. The fourth-order valence-electron chi connectivity index (χ4n) is 1.38. The van der Waals surface area contributed by atoms with Crippen LogP contribution in [0, 0.1) is 5.92 Å². The highest BCUT2D eigenvalue weighted by atomic mass is 16.5. The summed E-state index contributed by atoms with van der Waals surface area (Å²) >= 11 is 0. The van der Waals surface area contributed by atoms with Crippen LogP contribution in [0.15, 0.2) is 24.3 Å². The second-order valence-corrected chi connectivity index (χ2v) is 4.07. The van der Waals surface area contributed by atoms with Crippen molar-refractivity contribution in [2.75, 3.05) is 13.7 Å². The lowest BCUT2D eigenvalue weighted by molar-refractivity contribution is -0.141. The third-order valence-corrected chi connectivity index (χ3v) is 2.53. The Morgan fingerprint density at radius 2 is 2.17 bits per heavy atom. The molecule has 0 bridgehead atoms. The quantitative estimate of drug-likeness (QED) is 0.793. The lowest BCUT2D eigenvalue weighted by Crippen LogP contribution is -2.32. The van der Waals surface area contributed by atoms with Gasteiger partial charge in [-0.15, -0.1) is 0 Å². The normalized spacial score (nSPS) is 11.7. The zero-order valence-corrected chi connectivity index (χ0v) is 10.5. The third kappa shape index (κ3) is 4.45. The van der Waals surface area contributed by atoms with Crippen molar-refractivity contribution in [3.05, 3.63) is 29.8 Å². The van der Waals surface area contributed by atoms with Crippen molar-refractivity contribution in [2.45, 2.75) is 13.3 Å². The molecule has 18 heavy (non-hydrogen) atoms. The summed E-state index contributed by atoms with van der Waals surface area (Å²) < 4.78 is 5.06. The molecular weight excluding hydrogens is 234 g/mol. The summed E-state index contributed by atoms with van der Waals surface area (Å²) in [7, 11) is 1.56. The number of benzene rings is 1. The van der Waals surface area contributed by atoms with Crippen LogP contribution < -0.4 is 10.1 Å². The number of hydrogen-bond acceptors (Lipinski definition) is 3. The third-order valence-electron chi connectivity index (χ3n) is 2.53. The smallest absolute Gasteiger partial charge is 0.308 e. The summed E-state index contributed by atoms with van der Waals surface area (Å²) in [5.74, 6) is -1.01. The molecule has 0 aliphatic rings. The van der Waals surface area contributed by atoms with Crippen molar-refractivity contribution >= 4 is 11.9 Å². The van der Waals surface area contributed by atoms with Gasteiger partial charge in [-0.1, -0.05) is 19.1 Å². The van der Waals surface area contributed by atoms with Crippen molar-refractivity contribution < 1.29 is 19.4 Å². The summed E-state index contributed by atoms with van der Waals surface area (Å²) in [4.78, 5) is 22.2.